The number of alkyl halides is 1. The van der Waals surface area contributed by atoms with E-state index in [2.05, 4.69) is 0 Å². The maximum Gasteiger partial charge on any atom is 0.148 e. The van der Waals surface area contributed by atoms with E-state index in [0.717, 1.165) is 17.7 Å². The van der Waals surface area contributed by atoms with E-state index in [0.29, 0.717) is 12.2 Å². The van der Waals surface area contributed by atoms with Crippen LogP contribution in [-0.4, -0.2) is 18.3 Å². The van der Waals surface area contributed by atoms with Gasteiger partial charge in [0, 0.05) is 6.42 Å². The first-order valence-corrected chi connectivity index (χ1v) is 4.32. The van der Waals surface area contributed by atoms with Crippen LogP contribution >= 0.6 is 0 Å². The van der Waals surface area contributed by atoms with Gasteiger partial charge in [-0.1, -0.05) is 6.07 Å². The monoisotopic (exact) mass is 182 g/mol. The van der Waals surface area contributed by atoms with E-state index in [9.17, 15) is 4.39 Å². The third kappa shape index (κ3) is 1.52. The second-order valence-electron chi connectivity index (χ2n) is 3.12. The topological polar surface area (TPSA) is 29.5 Å². The zero-order chi connectivity index (χ0) is 9.26. The van der Waals surface area contributed by atoms with Crippen LogP contribution in [0.4, 0.5) is 4.39 Å². The van der Waals surface area contributed by atoms with Crippen molar-refractivity contribution in [3.63, 3.8) is 0 Å². The molecule has 0 amide bonds. The average Bonchev–Trinajstić information content (AvgIpc) is 2.63. The first kappa shape index (κ1) is 8.51. The molecule has 0 bridgehead atoms. The van der Waals surface area contributed by atoms with Gasteiger partial charge in [-0.2, -0.15) is 0 Å². The maximum atomic E-state index is 13.0. The maximum absolute atomic E-state index is 13.0. The first-order chi connectivity index (χ1) is 6.31. The number of aliphatic hydroxyl groups is 1. The number of halogens is 1. The molecule has 0 aliphatic carbocycles. The van der Waals surface area contributed by atoms with Crippen molar-refractivity contribution in [1.29, 1.82) is 0 Å². The Bertz CT molecular complexity index is 312. The molecule has 2 nitrogen and oxygen atoms in total. The van der Waals surface area contributed by atoms with Crippen LogP contribution in [0.1, 0.15) is 17.3 Å². The third-order valence-corrected chi connectivity index (χ3v) is 2.24. The number of fused-ring (bicyclic) bond motifs is 1. The standard InChI is InChI=1S/C10H11FO2/c11-9(6-12)7-1-2-10-8(5-7)3-4-13-10/h1-2,5,9,12H,3-4,6H2. The van der Waals surface area contributed by atoms with Crippen molar-refractivity contribution in [1.82, 2.24) is 0 Å². The van der Waals surface area contributed by atoms with Gasteiger partial charge in [-0.15, -0.1) is 0 Å². The molecule has 3 heteroatoms. The highest BCUT2D eigenvalue weighted by molar-refractivity contribution is 5.40. The summed E-state index contributed by atoms with van der Waals surface area (Å²) in [5.74, 6) is 0.842. The highest BCUT2D eigenvalue weighted by Gasteiger charge is 2.15. The molecule has 1 aliphatic heterocycles. The highest BCUT2D eigenvalue weighted by atomic mass is 19.1. The lowest BCUT2D eigenvalue weighted by atomic mass is 10.1. The van der Waals surface area contributed by atoms with Gasteiger partial charge < -0.3 is 9.84 Å². The molecular weight excluding hydrogens is 171 g/mol. The van der Waals surface area contributed by atoms with Crippen LogP contribution in [0.3, 0.4) is 0 Å². The summed E-state index contributed by atoms with van der Waals surface area (Å²) in [7, 11) is 0. The van der Waals surface area contributed by atoms with Crippen molar-refractivity contribution < 1.29 is 14.2 Å². The molecule has 0 saturated heterocycles. The summed E-state index contributed by atoms with van der Waals surface area (Å²) in [4.78, 5) is 0. The normalized spacial score (nSPS) is 16.5. The van der Waals surface area contributed by atoms with E-state index in [1.807, 2.05) is 0 Å². The van der Waals surface area contributed by atoms with Gasteiger partial charge in [0.05, 0.1) is 13.2 Å². The smallest absolute Gasteiger partial charge is 0.148 e. The van der Waals surface area contributed by atoms with Crippen molar-refractivity contribution in [3.8, 4) is 5.75 Å². The van der Waals surface area contributed by atoms with Crippen LogP contribution in [0.2, 0.25) is 0 Å². The van der Waals surface area contributed by atoms with Crippen LogP contribution in [0.5, 0.6) is 5.75 Å². The second-order valence-corrected chi connectivity index (χ2v) is 3.12. The molecule has 70 valence electrons. The average molecular weight is 182 g/mol. The van der Waals surface area contributed by atoms with Crippen LogP contribution in [-0.2, 0) is 6.42 Å². The summed E-state index contributed by atoms with van der Waals surface area (Å²) >= 11 is 0. The summed E-state index contributed by atoms with van der Waals surface area (Å²) in [5, 5.41) is 8.63. The number of hydrogen-bond acceptors (Lipinski definition) is 2. The Morgan fingerprint density at radius 1 is 1.54 bits per heavy atom. The highest BCUT2D eigenvalue weighted by Crippen LogP contribution is 2.28. The molecule has 0 fully saturated rings. The Hall–Kier alpha value is -1.09. The molecule has 1 atom stereocenters. The van der Waals surface area contributed by atoms with Crippen molar-refractivity contribution in [2.24, 2.45) is 0 Å². The summed E-state index contributed by atoms with van der Waals surface area (Å²) in [6, 6.07) is 5.19. The fourth-order valence-corrected chi connectivity index (χ4v) is 1.51. The molecule has 1 heterocycles. The molecule has 1 aromatic rings. The van der Waals surface area contributed by atoms with Crippen molar-refractivity contribution in [2.45, 2.75) is 12.6 Å². The van der Waals surface area contributed by atoms with Gasteiger partial charge in [0.15, 0.2) is 0 Å². The Kier molecular flexibility index (Phi) is 2.19. The van der Waals surface area contributed by atoms with E-state index >= 15 is 0 Å². The number of benzene rings is 1. The zero-order valence-corrected chi connectivity index (χ0v) is 7.16. The fraction of sp³-hybridized carbons (Fsp3) is 0.400. The fourth-order valence-electron chi connectivity index (χ4n) is 1.51. The summed E-state index contributed by atoms with van der Waals surface area (Å²) in [5.41, 5.74) is 1.57. The Balaban J connectivity index is 2.30. The number of hydrogen-bond donors (Lipinski definition) is 1. The molecule has 0 spiro atoms. The molecule has 1 unspecified atom stereocenters. The van der Waals surface area contributed by atoms with E-state index in [1.54, 1.807) is 18.2 Å². The summed E-state index contributed by atoms with van der Waals surface area (Å²) < 4.78 is 18.3. The van der Waals surface area contributed by atoms with Crippen LogP contribution < -0.4 is 4.74 Å². The predicted molar refractivity (Wildman–Crippen MR) is 46.6 cm³/mol. The summed E-state index contributed by atoms with van der Waals surface area (Å²) in [6.07, 6.45) is -0.438. The van der Waals surface area contributed by atoms with Crippen molar-refractivity contribution >= 4 is 0 Å². The summed E-state index contributed by atoms with van der Waals surface area (Å²) in [6.45, 7) is 0.217. The van der Waals surface area contributed by atoms with E-state index in [4.69, 9.17) is 9.84 Å². The van der Waals surface area contributed by atoms with Gasteiger partial charge in [0.1, 0.15) is 11.9 Å². The van der Waals surface area contributed by atoms with Crippen LogP contribution in [0, 0.1) is 0 Å². The Labute approximate surface area is 76.0 Å². The van der Waals surface area contributed by atoms with Crippen LogP contribution in [0.25, 0.3) is 0 Å². The minimum atomic E-state index is -1.27. The largest absolute Gasteiger partial charge is 0.493 e. The second kappa shape index (κ2) is 3.34. The molecule has 0 radical (unpaired) electrons. The van der Waals surface area contributed by atoms with Gasteiger partial charge in [-0.3, -0.25) is 0 Å². The Morgan fingerprint density at radius 3 is 3.15 bits per heavy atom. The van der Waals surface area contributed by atoms with E-state index in [1.165, 1.54) is 0 Å². The quantitative estimate of drug-likeness (QED) is 0.753. The minimum absolute atomic E-state index is 0.459. The van der Waals surface area contributed by atoms with Crippen molar-refractivity contribution in [3.05, 3.63) is 29.3 Å². The van der Waals surface area contributed by atoms with Crippen LogP contribution in [0.15, 0.2) is 18.2 Å². The predicted octanol–water partition coefficient (Wildman–Crippen LogP) is 1.62. The van der Waals surface area contributed by atoms with Gasteiger partial charge in [0.2, 0.25) is 0 Å². The number of ether oxygens (including phenoxy) is 1. The lowest BCUT2D eigenvalue weighted by Gasteiger charge is -2.06. The van der Waals surface area contributed by atoms with Gasteiger partial charge in [-0.05, 0) is 23.3 Å². The lowest BCUT2D eigenvalue weighted by Crippen LogP contribution is -1.97. The molecular formula is C10H11FO2. The molecule has 2 rings (SSSR count). The van der Waals surface area contributed by atoms with Gasteiger partial charge >= 0.3 is 0 Å². The number of rotatable bonds is 2. The van der Waals surface area contributed by atoms with Gasteiger partial charge in [-0.25, -0.2) is 4.39 Å². The van der Waals surface area contributed by atoms with E-state index < -0.39 is 12.8 Å². The first-order valence-electron chi connectivity index (χ1n) is 4.32. The SMILES string of the molecule is OCC(F)c1ccc2c(c1)CCO2. The minimum Gasteiger partial charge on any atom is -0.493 e. The molecule has 1 aromatic carbocycles. The molecule has 0 saturated carbocycles. The Morgan fingerprint density at radius 2 is 2.38 bits per heavy atom. The molecule has 0 aromatic heterocycles. The molecule has 13 heavy (non-hydrogen) atoms. The third-order valence-electron chi connectivity index (χ3n) is 2.24. The molecule has 1 aliphatic rings. The van der Waals surface area contributed by atoms with E-state index in [-0.39, 0.29) is 0 Å². The van der Waals surface area contributed by atoms with Gasteiger partial charge in [0.25, 0.3) is 0 Å². The zero-order valence-electron chi connectivity index (χ0n) is 7.16. The number of aliphatic hydroxyl groups excluding tert-OH is 1. The lowest BCUT2D eigenvalue weighted by molar-refractivity contribution is 0.180. The van der Waals surface area contributed by atoms with Crippen molar-refractivity contribution in [2.75, 3.05) is 13.2 Å². The molecule has 1 N–H and O–H groups in total.